The molecule has 0 radical (unpaired) electrons. The zero-order valence-corrected chi connectivity index (χ0v) is 19.6. The number of halogens is 3. The van der Waals surface area contributed by atoms with Crippen LogP contribution in [0.3, 0.4) is 0 Å². The maximum absolute atomic E-state index is 13.5. The van der Waals surface area contributed by atoms with Crippen LogP contribution in [0.1, 0.15) is 51.2 Å². The highest BCUT2D eigenvalue weighted by Gasteiger charge is 2.35. The van der Waals surface area contributed by atoms with E-state index in [-0.39, 0.29) is 30.2 Å². The number of nitrogens with one attached hydrogen (secondary N) is 1. The van der Waals surface area contributed by atoms with E-state index in [9.17, 15) is 18.4 Å². The van der Waals surface area contributed by atoms with Crippen LogP contribution in [0.2, 0.25) is 5.02 Å². The fourth-order valence-electron chi connectivity index (χ4n) is 3.52. The Labute approximate surface area is 184 Å². The van der Waals surface area contributed by atoms with Gasteiger partial charge in [-0.1, -0.05) is 47.7 Å². The first kappa shape index (κ1) is 25.0. The number of hydrogen-bond donors (Lipinski definition) is 2. The van der Waals surface area contributed by atoms with E-state index in [0.717, 1.165) is 6.42 Å². The summed E-state index contributed by atoms with van der Waals surface area (Å²) in [6.45, 7) is 6.65. The molecule has 30 heavy (non-hydrogen) atoms. The molecular formula is C21H31ClF2N3O2P. The fraction of sp³-hybridized carbons (Fsp3) is 0.619. The van der Waals surface area contributed by atoms with Gasteiger partial charge in [-0.05, 0) is 47.9 Å². The zero-order chi connectivity index (χ0) is 22.7. The quantitative estimate of drug-likeness (QED) is 0.608. The van der Waals surface area contributed by atoms with E-state index in [1.165, 1.54) is 9.24 Å². The lowest BCUT2D eigenvalue weighted by atomic mass is 9.91. The summed E-state index contributed by atoms with van der Waals surface area (Å²) in [5.74, 6) is -0.279. The van der Waals surface area contributed by atoms with Crippen molar-refractivity contribution in [3.63, 3.8) is 0 Å². The minimum absolute atomic E-state index is 0.0303. The van der Waals surface area contributed by atoms with Gasteiger partial charge in [-0.3, -0.25) is 9.59 Å². The Kier molecular flexibility index (Phi) is 8.22. The Bertz CT molecular complexity index is 780. The monoisotopic (exact) mass is 461 g/mol. The molecular weight excluding hydrogens is 431 g/mol. The smallest absolute Gasteiger partial charge is 0.273 e. The molecule has 1 aliphatic rings. The summed E-state index contributed by atoms with van der Waals surface area (Å²) in [6.07, 6.45) is 1.69. The highest BCUT2D eigenvalue weighted by Crippen LogP contribution is 2.29. The van der Waals surface area contributed by atoms with E-state index in [4.69, 9.17) is 17.3 Å². The van der Waals surface area contributed by atoms with Crippen molar-refractivity contribution >= 4 is 32.7 Å². The molecule has 3 atom stereocenters. The maximum Gasteiger partial charge on any atom is 0.273 e. The molecule has 3 N–H and O–H groups in total. The van der Waals surface area contributed by atoms with Gasteiger partial charge >= 0.3 is 0 Å². The fourth-order valence-corrected chi connectivity index (χ4v) is 3.84. The first-order valence-corrected chi connectivity index (χ1v) is 11.0. The molecule has 0 spiro atoms. The number of nitrogens with two attached hydrogens (primary N) is 1. The second-order valence-electron chi connectivity index (χ2n) is 9.10. The van der Waals surface area contributed by atoms with Crippen molar-refractivity contribution in [3.05, 3.63) is 34.3 Å². The summed E-state index contributed by atoms with van der Waals surface area (Å²) in [7, 11) is 1.46. The number of rotatable bonds is 7. The van der Waals surface area contributed by atoms with Crippen molar-refractivity contribution in [1.29, 1.82) is 0 Å². The second kappa shape index (κ2) is 9.88. The van der Waals surface area contributed by atoms with Crippen LogP contribution in [0.25, 0.3) is 0 Å². The summed E-state index contributed by atoms with van der Waals surface area (Å²) >= 11 is 6.06. The summed E-state index contributed by atoms with van der Waals surface area (Å²) in [6, 6.07) is 3.01. The SMILES string of the molecule is CC(C)(C)CC(=O)N1CCCC1C(=O)NCc1cc(Cl)ccc1CC(N)C(F)(F)P. The molecule has 1 aromatic carbocycles. The maximum atomic E-state index is 13.5. The standard InChI is InChI=1S/C21H31ClF2N3O2P/c1-20(2,3)11-18(28)27-8-4-5-16(27)19(29)26-12-14-9-15(22)7-6-13(14)10-17(25)21(23,24)30/h6-7,9,16-17H,4-5,8,10-12,25,30H2,1-3H3,(H,26,29). The number of amides is 2. The number of nitrogens with zero attached hydrogens (tertiary/aromatic N) is 1. The molecule has 0 aliphatic carbocycles. The first-order valence-electron chi connectivity index (χ1n) is 10.0. The van der Waals surface area contributed by atoms with Crippen molar-refractivity contribution in [1.82, 2.24) is 10.2 Å². The Morgan fingerprint density at radius 3 is 2.60 bits per heavy atom. The van der Waals surface area contributed by atoms with Crippen molar-refractivity contribution in [3.8, 4) is 0 Å². The molecule has 0 aromatic heterocycles. The lowest BCUT2D eigenvalue weighted by Gasteiger charge is -2.27. The first-order chi connectivity index (χ1) is 13.8. The van der Waals surface area contributed by atoms with Gasteiger partial charge in [0.1, 0.15) is 6.04 Å². The number of carbonyl (C=O) groups excluding carboxylic acids is 2. The lowest BCUT2D eigenvalue weighted by molar-refractivity contribution is -0.139. The van der Waals surface area contributed by atoms with E-state index < -0.39 is 17.7 Å². The van der Waals surface area contributed by atoms with Crippen LogP contribution >= 0.6 is 20.8 Å². The topological polar surface area (TPSA) is 75.4 Å². The highest BCUT2D eigenvalue weighted by atomic mass is 35.5. The second-order valence-corrected chi connectivity index (χ2v) is 10.3. The normalized spacial score (nSPS) is 18.4. The summed E-state index contributed by atoms with van der Waals surface area (Å²) in [5, 5.41) is 3.28. The van der Waals surface area contributed by atoms with Crippen molar-refractivity contribution in [2.24, 2.45) is 11.1 Å². The Morgan fingerprint density at radius 1 is 1.33 bits per heavy atom. The van der Waals surface area contributed by atoms with Gasteiger partial charge in [-0.2, -0.15) is 0 Å². The summed E-state index contributed by atoms with van der Waals surface area (Å²) in [4.78, 5) is 27.0. The Morgan fingerprint density at radius 2 is 2.00 bits per heavy atom. The van der Waals surface area contributed by atoms with Gasteiger partial charge in [0.05, 0.1) is 6.04 Å². The van der Waals surface area contributed by atoms with Crippen LogP contribution in [0.5, 0.6) is 0 Å². The summed E-state index contributed by atoms with van der Waals surface area (Å²) < 4.78 is 26.9. The molecule has 0 bridgehead atoms. The van der Waals surface area contributed by atoms with Gasteiger partial charge in [0.25, 0.3) is 5.66 Å². The molecule has 1 aromatic rings. The van der Waals surface area contributed by atoms with E-state index in [1.54, 1.807) is 23.1 Å². The summed E-state index contributed by atoms with van der Waals surface area (Å²) in [5.41, 5.74) is 3.58. The van der Waals surface area contributed by atoms with E-state index >= 15 is 0 Å². The number of likely N-dealkylation sites (tertiary alicyclic amines) is 1. The van der Waals surface area contributed by atoms with Crippen LogP contribution in [0.4, 0.5) is 8.78 Å². The molecule has 1 fully saturated rings. The molecule has 1 heterocycles. The van der Waals surface area contributed by atoms with Gasteiger partial charge < -0.3 is 16.0 Å². The third-order valence-corrected chi connectivity index (χ3v) is 5.78. The predicted octanol–water partition coefficient (Wildman–Crippen LogP) is 3.72. The molecule has 3 unspecified atom stereocenters. The highest BCUT2D eigenvalue weighted by molar-refractivity contribution is 7.18. The predicted molar refractivity (Wildman–Crippen MR) is 118 cm³/mol. The van der Waals surface area contributed by atoms with Gasteiger partial charge in [0.15, 0.2) is 0 Å². The third-order valence-electron chi connectivity index (χ3n) is 5.11. The van der Waals surface area contributed by atoms with Crippen LogP contribution in [0, 0.1) is 5.41 Å². The molecule has 9 heteroatoms. The van der Waals surface area contributed by atoms with Gasteiger partial charge in [-0.25, -0.2) is 8.78 Å². The van der Waals surface area contributed by atoms with Gasteiger partial charge in [0.2, 0.25) is 11.8 Å². The Hall–Kier alpha value is -1.30. The molecule has 0 saturated carbocycles. The molecule has 2 amide bonds. The minimum Gasteiger partial charge on any atom is -0.350 e. The van der Waals surface area contributed by atoms with Crippen molar-refractivity contribution in [2.45, 2.75) is 70.7 Å². The zero-order valence-electron chi connectivity index (χ0n) is 17.7. The van der Waals surface area contributed by atoms with Crippen molar-refractivity contribution in [2.75, 3.05) is 6.54 Å². The largest absolute Gasteiger partial charge is 0.350 e. The molecule has 1 aliphatic heterocycles. The molecule has 2 rings (SSSR count). The average Bonchev–Trinajstić information content (AvgIpc) is 3.09. The van der Waals surface area contributed by atoms with E-state index in [2.05, 4.69) is 5.32 Å². The average molecular weight is 462 g/mol. The number of alkyl halides is 2. The number of hydrogen-bond acceptors (Lipinski definition) is 3. The molecule has 5 nitrogen and oxygen atoms in total. The Balaban J connectivity index is 2.06. The lowest BCUT2D eigenvalue weighted by Crippen LogP contribution is -2.46. The van der Waals surface area contributed by atoms with E-state index in [0.29, 0.717) is 35.5 Å². The van der Waals surface area contributed by atoms with Crippen LogP contribution in [0.15, 0.2) is 18.2 Å². The minimum atomic E-state index is -3.10. The van der Waals surface area contributed by atoms with Gasteiger partial charge in [0, 0.05) is 24.5 Å². The van der Waals surface area contributed by atoms with Crippen LogP contribution in [-0.4, -0.2) is 41.0 Å². The molecule has 1 saturated heterocycles. The third kappa shape index (κ3) is 7.14. The van der Waals surface area contributed by atoms with E-state index in [1.807, 2.05) is 20.8 Å². The van der Waals surface area contributed by atoms with Gasteiger partial charge in [-0.15, -0.1) is 0 Å². The van der Waals surface area contributed by atoms with Crippen LogP contribution in [-0.2, 0) is 22.6 Å². The molecule has 168 valence electrons. The number of benzene rings is 1. The number of carbonyl (C=O) groups is 2. The van der Waals surface area contributed by atoms with Crippen molar-refractivity contribution < 1.29 is 18.4 Å². The van der Waals surface area contributed by atoms with Crippen LogP contribution < -0.4 is 11.1 Å².